The Labute approximate surface area is 120 Å². The Balaban J connectivity index is 2.09. The van der Waals surface area contributed by atoms with Gasteiger partial charge >= 0.3 is 0 Å². The van der Waals surface area contributed by atoms with Crippen molar-refractivity contribution in [2.45, 2.75) is 25.7 Å². The van der Waals surface area contributed by atoms with Crippen LogP contribution in [0.5, 0.6) is 0 Å². The topological polar surface area (TPSA) is 54.8 Å². The molecule has 0 spiro atoms. The van der Waals surface area contributed by atoms with E-state index >= 15 is 0 Å². The Hall–Kier alpha value is -2.61. The van der Waals surface area contributed by atoms with E-state index in [1.165, 1.54) is 0 Å². The number of oxazole rings is 1. The monoisotopic (exact) mass is 281 g/mol. The number of nitriles is 1. The van der Waals surface area contributed by atoms with E-state index in [2.05, 4.69) is 11.1 Å². The van der Waals surface area contributed by atoms with E-state index in [1.54, 1.807) is 23.9 Å². The van der Waals surface area contributed by atoms with Crippen LogP contribution in [0.2, 0.25) is 0 Å². The number of aromatic nitrogens is 2. The minimum Gasteiger partial charge on any atom is -0.437 e. The Morgan fingerprint density at radius 3 is 2.71 bits per heavy atom. The second-order valence-corrected chi connectivity index (χ2v) is 5.37. The van der Waals surface area contributed by atoms with Crippen molar-refractivity contribution in [3.05, 3.63) is 47.4 Å². The number of nitrogens with zero attached hydrogens (tertiary/aromatic N) is 3. The summed E-state index contributed by atoms with van der Waals surface area (Å²) in [5.41, 5.74) is 1.73. The minimum atomic E-state index is -0.461. The summed E-state index contributed by atoms with van der Waals surface area (Å²) >= 11 is 0. The fraction of sp³-hybridized carbons (Fsp3) is 0.250. The first-order chi connectivity index (χ1) is 10.2. The summed E-state index contributed by atoms with van der Waals surface area (Å²) in [5, 5.41) is 9.43. The maximum Gasteiger partial charge on any atom is 0.198 e. The lowest BCUT2D eigenvalue weighted by molar-refractivity contribution is 0.506. The van der Waals surface area contributed by atoms with E-state index in [1.807, 2.05) is 12.1 Å². The van der Waals surface area contributed by atoms with Crippen molar-refractivity contribution in [1.29, 1.82) is 5.26 Å². The van der Waals surface area contributed by atoms with Gasteiger partial charge in [0.25, 0.3) is 0 Å². The molecule has 0 saturated heterocycles. The summed E-state index contributed by atoms with van der Waals surface area (Å²) < 4.78 is 22.1. The van der Waals surface area contributed by atoms with Crippen molar-refractivity contribution in [3.8, 4) is 11.8 Å². The smallest absolute Gasteiger partial charge is 0.198 e. The van der Waals surface area contributed by atoms with Crippen molar-refractivity contribution in [2.24, 2.45) is 0 Å². The lowest BCUT2D eigenvalue weighted by Crippen LogP contribution is -2.01. The fourth-order valence-electron chi connectivity index (χ4n) is 2.66. The Morgan fingerprint density at radius 1 is 1.38 bits per heavy atom. The predicted octanol–water partition coefficient (Wildman–Crippen LogP) is 3.82. The third-order valence-corrected chi connectivity index (χ3v) is 3.92. The van der Waals surface area contributed by atoms with E-state index in [4.69, 9.17) is 4.42 Å². The van der Waals surface area contributed by atoms with Gasteiger partial charge in [-0.25, -0.2) is 9.37 Å². The number of rotatable bonds is 2. The van der Waals surface area contributed by atoms with Gasteiger partial charge in [0, 0.05) is 18.3 Å². The largest absolute Gasteiger partial charge is 0.437 e. The number of fused-ring (bicyclic) bond motifs is 1. The SMILES string of the molecule is Cc1c(-n2cccc2)c(F)c2oc(C3CC3)nc2c1C#N. The van der Waals surface area contributed by atoms with Crippen LogP contribution in [0.1, 0.15) is 35.8 Å². The average molecular weight is 281 g/mol. The zero-order valence-corrected chi connectivity index (χ0v) is 11.4. The molecule has 4 rings (SSSR count). The molecule has 3 aromatic rings. The van der Waals surface area contributed by atoms with E-state index in [-0.39, 0.29) is 11.5 Å². The van der Waals surface area contributed by atoms with Crippen molar-refractivity contribution in [1.82, 2.24) is 9.55 Å². The van der Waals surface area contributed by atoms with Crippen LogP contribution in [0.3, 0.4) is 0 Å². The van der Waals surface area contributed by atoms with Crippen LogP contribution in [0.25, 0.3) is 16.8 Å². The maximum atomic E-state index is 14.8. The first-order valence-corrected chi connectivity index (χ1v) is 6.86. The Bertz CT molecular complexity index is 883. The maximum absolute atomic E-state index is 14.8. The molecule has 2 heterocycles. The fourth-order valence-corrected chi connectivity index (χ4v) is 2.66. The molecule has 0 unspecified atom stereocenters. The molecule has 0 amide bonds. The van der Waals surface area contributed by atoms with Crippen LogP contribution in [-0.2, 0) is 0 Å². The molecule has 2 aromatic heterocycles. The van der Waals surface area contributed by atoms with Gasteiger partial charge < -0.3 is 8.98 Å². The quantitative estimate of drug-likeness (QED) is 0.717. The van der Waals surface area contributed by atoms with Gasteiger partial charge in [-0.2, -0.15) is 5.26 Å². The van der Waals surface area contributed by atoms with Crippen LogP contribution in [-0.4, -0.2) is 9.55 Å². The van der Waals surface area contributed by atoms with E-state index in [9.17, 15) is 9.65 Å². The zero-order valence-electron chi connectivity index (χ0n) is 11.4. The number of halogens is 1. The zero-order chi connectivity index (χ0) is 14.6. The molecule has 1 saturated carbocycles. The van der Waals surface area contributed by atoms with Gasteiger partial charge in [0.05, 0.1) is 11.3 Å². The molecule has 4 nitrogen and oxygen atoms in total. The van der Waals surface area contributed by atoms with Gasteiger partial charge in [0.15, 0.2) is 17.3 Å². The third-order valence-electron chi connectivity index (χ3n) is 3.92. The van der Waals surface area contributed by atoms with Gasteiger partial charge in [0.1, 0.15) is 11.6 Å². The van der Waals surface area contributed by atoms with Crippen molar-refractivity contribution in [2.75, 3.05) is 0 Å². The lowest BCUT2D eigenvalue weighted by atomic mass is 10.1. The highest BCUT2D eigenvalue weighted by Crippen LogP contribution is 2.42. The summed E-state index contributed by atoms with van der Waals surface area (Å²) in [6.07, 6.45) is 5.52. The first-order valence-electron chi connectivity index (χ1n) is 6.86. The van der Waals surface area contributed by atoms with Crippen molar-refractivity contribution >= 4 is 11.1 Å². The summed E-state index contributed by atoms with van der Waals surface area (Å²) in [7, 11) is 0. The second-order valence-electron chi connectivity index (χ2n) is 5.37. The summed E-state index contributed by atoms with van der Waals surface area (Å²) in [6.45, 7) is 1.74. The molecule has 0 radical (unpaired) electrons. The number of hydrogen-bond acceptors (Lipinski definition) is 3. The molecule has 1 aliphatic rings. The highest BCUT2D eigenvalue weighted by molar-refractivity contribution is 5.85. The molecular weight excluding hydrogens is 269 g/mol. The average Bonchev–Trinajstić information content (AvgIpc) is 3.00. The third kappa shape index (κ3) is 1.69. The first kappa shape index (κ1) is 12.2. The number of hydrogen-bond donors (Lipinski definition) is 0. The highest BCUT2D eigenvalue weighted by atomic mass is 19.1. The van der Waals surface area contributed by atoms with Crippen LogP contribution in [0.4, 0.5) is 4.39 Å². The lowest BCUT2D eigenvalue weighted by Gasteiger charge is -2.10. The molecule has 5 heteroatoms. The molecule has 0 atom stereocenters. The molecule has 1 fully saturated rings. The van der Waals surface area contributed by atoms with E-state index < -0.39 is 5.82 Å². The summed E-state index contributed by atoms with van der Waals surface area (Å²) in [4.78, 5) is 4.35. The summed E-state index contributed by atoms with van der Waals surface area (Å²) in [6, 6.07) is 5.76. The van der Waals surface area contributed by atoms with Gasteiger partial charge in [-0.05, 0) is 37.5 Å². The molecule has 1 aliphatic carbocycles. The standard InChI is InChI=1S/C16H12FN3O/c1-9-11(8-18)13-15(21-16(19-13)10-4-5-10)12(17)14(9)20-6-2-3-7-20/h2-3,6-7,10H,4-5H2,1H3. The minimum absolute atomic E-state index is 0.0859. The van der Waals surface area contributed by atoms with Crippen LogP contribution >= 0.6 is 0 Å². The van der Waals surface area contributed by atoms with Crippen LogP contribution < -0.4 is 0 Å². The molecule has 1 aromatic carbocycles. The molecular formula is C16H12FN3O. The molecule has 0 bridgehead atoms. The van der Waals surface area contributed by atoms with Crippen molar-refractivity contribution < 1.29 is 8.81 Å². The van der Waals surface area contributed by atoms with Crippen LogP contribution in [0.15, 0.2) is 28.9 Å². The highest BCUT2D eigenvalue weighted by Gasteiger charge is 2.31. The number of benzene rings is 1. The van der Waals surface area contributed by atoms with Gasteiger partial charge in [-0.1, -0.05) is 0 Å². The normalized spacial score (nSPS) is 14.5. The van der Waals surface area contributed by atoms with E-state index in [0.717, 1.165) is 12.8 Å². The van der Waals surface area contributed by atoms with Gasteiger partial charge in [-0.3, -0.25) is 0 Å². The van der Waals surface area contributed by atoms with Crippen molar-refractivity contribution in [3.63, 3.8) is 0 Å². The molecule has 0 aliphatic heterocycles. The second kappa shape index (κ2) is 4.19. The van der Waals surface area contributed by atoms with Crippen LogP contribution in [0, 0.1) is 24.1 Å². The Kier molecular flexibility index (Phi) is 2.43. The molecule has 104 valence electrons. The van der Waals surface area contributed by atoms with Gasteiger partial charge in [-0.15, -0.1) is 0 Å². The molecule has 0 N–H and O–H groups in total. The van der Waals surface area contributed by atoms with E-state index in [0.29, 0.717) is 28.2 Å². The summed E-state index contributed by atoms with van der Waals surface area (Å²) in [5.74, 6) is 0.361. The Morgan fingerprint density at radius 2 is 2.10 bits per heavy atom. The molecule has 21 heavy (non-hydrogen) atoms. The van der Waals surface area contributed by atoms with Gasteiger partial charge in [0.2, 0.25) is 0 Å². The predicted molar refractivity (Wildman–Crippen MR) is 74.7 cm³/mol.